The Kier molecular flexibility index (Phi) is 1.67. The average Bonchev–Trinajstić information content (AvgIpc) is 2.21. The molecular formula is C8H14O3. The maximum absolute atomic E-state index is 5.61. The maximum Gasteiger partial charge on any atom is 0.187 e. The van der Waals surface area contributed by atoms with Gasteiger partial charge in [0.25, 0.3) is 0 Å². The average molecular weight is 158 g/mol. The molecular weight excluding hydrogens is 144 g/mol. The van der Waals surface area contributed by atoms with E-state index in [2.05, 4.69) is 0 Å². The third-order valence-electron chi connectivity index (χ3n) is 2.05. The minimum Gasteiger partial charge on any atom is -0.350 e. The molecule has 64 valence electrons. The lowest BCUT2D eigenvalue weighted by atomic mass is 10.1. The molecule has 0 radical (unpaired) electrons. The second-order valence-electron chi connectivity index (χ2n) is 3.56. The molecule has 2 saturated heterocycles. The molecule has 2 fully saturated rings. The molecule has 0 spiro atoms. The highest BCUT2D eigenvalue weighted by Crippen LogP contribution is 2.33. The number of hydrogen-bond donors (Lipinski definition) is 0. The highest BCUT2D eigenvalue weighted by molar-refractivity contribution is 4.78. The third kappa shape index (κ3) is 1.41. The summed E-state index contributed by atoms with van der Waals surface area (Å²) in [6.45, 7) is 4.66. The van der Waals surface area contributed by atoms with Crippen LogP contribution in [0.4, 0.5) is 0 Å². The predicted octanol–water partition coefficient (Wildman–Crippen LogP) is 1.27. The lowest BCUT2D eigenvalue weighted by Crippen LogP contribution is -2.30. The van der Waals surface area contributed by atoms with Gasteiger partial charge in [-0.05, 0) is 26.7 Å². The van der Waals surface area contributed by atoms with Crippen LogP contribution in [0.15, 0.2) is 0 Å². The van der Waals surface area contributed by atoms with E-state index in [-0.39, 0.29) is 12.4 Å². The molecule has 0 aromatic heterocycles. The minimum atomic E-state index is -0.445. The first-order valence-electron chi connectivity index (χ1n) is 4.15. The van der Waals surface area contributed by atoms with Gasteiger partial charge in [0.2, 0.25) is 0 Å². The first kappa shape index (κ1) is 7.53. The summed E-state index contributed by atoms with van der Waals surface area (Å²) >= 11 is 0. The Hall–Kier alpha value is -0.120. The van der Waals surface area contributed by atoms with Crippen LogP contribution in [0.25, 0.3) is 0 Å². The molecule has 2 heterocycles. The van der Waals surface area contributed by atoms with Gasteiger partial charge in [-0.3, -0.25) is 0 Å². The van der Waals surface area contributed by atoms with Gasteiger partial charge in [0, 0.05) is 6.61 Å². The van der Waals surface area contributed by atoms with Crippen molar-refractivity contribution in [2.75, 3.05) is 6.61 Å². The van der Waals surface area contributed by atoms with Crippen LogP contribution in [-0.2, 0) is 14.2 Å². The van der Waals surface area contributed by atoms with Crippen LogP contribution >= 0.6 is 0 Å². The number of hydrogen-bond acceptors (Lipinski definition) is 3. The molecule has 11 heavy (non-hydrogen) atoms. The largest absolute Gasteiger partial charge is 0.350 e. The van der Waals surface area contributed by atoms with E-state index in [9.17, 15) is 0 Å². The number of rotatable bonds is 0. The van der Waals surface area contributed by atoms with Crippen molar-refractivity contribution in [2.45, 2.75) is 44.9 Å². The number of fused-ring (bicyclic) bond motifs is 1. The molecule has 2 rings (SSSR count). The highest BCUT2D eigenvalue weighted by atomic mass is 16.8. The minimum absolute atomic E-state index is 0.112. The zero-order valence-corrected chi connectivity index (χ0v) is 7.00. The Morgan fingerprint density at radius 2 is 2.09 bits per heavy atom. The van der Waals surface area contributed by atoms with Crippen molar-refractivity contribution in [3.63, 3.8) is 0 Å². The number of ether oxygens (including phenoxy) is 3. The van der Waals surface area contributed by atoms with E-state index in [1.54, 1.807) is 0 Å². The van der Waals surface area contributed by atoms with Crippen molar-refractivity contribution in [1.82, 2.24) is 0 Å². The summed E-state index contributed by atoms with van der Waals surface area (Å²) < 4.78 is 16.5. The molecule has 0 aromatic carbocycles. The molecule has 0 aliphatic carbocycles. The van der Waals surface area contributed by atoms with Crippen molar-refractivity contribution in [3.8, 4) is 0 Å². The van der Waals surface area contributed by atoms with Crippen LogP contribution in [0, 0.1) is 0 Å². The fraction of sp³-hybridized carbons (Fsp3) is 1.00. The Balaban J connectivity index is 2.03. The van der Waals surface area contributed by atoms with Crippen LogP contribution in [0.2, 0.25) is 0 Å². The molecule has 2 aliphatic rings. The summed E-state index contributed by atoms with van der Waals surface area (Å²) in [7, 11) is 0. The van der Waals surface area contributed by atoms with Crippen LogP contribution in [0.1, 0.15) is 26.7 Å². The Morgan fingerprint density at radius 3 is 2.82 bits per heavy atom. The molecule has 0 N–H and O–H groups in total. The van der Waals surface area contributed by atoms with Crippen LogP contribution in [0.3, 0.4) is 0 Å². The lowest BCUT2D eigenvalue weighted by molar-refractivity contribution is -0.191. The van der Waals surface area contributed by atoms with E-state index in [1.807, 2.05) is 13.8 Å². The molecule has 2 atom stereocenters. The molecule has 3 nitrogen and oxygen atoms in total. The first-order valence-corrected chi connectivity index (χ1v) is 4.15. The summed E-state index contributed by atoms with van der Waals surface area (Å²) in [6.07, 6.45) is 2.20. The summed E-state index contributed by atoms with van der Waals surface area (Å²) in [5.41, 5.74) is 0. The summed E-state index contributed by atoms with van der Waals surface area (Å²) in [4.78, 5) is 0. The van der Waals surface area contributed by atoms with Crippen LogP contribution in [-0.4, -0.2) is 24.8 Å². The molecule has 0 bridgehead atoms. The highest BCUT2D eigenvalue weighted by Gasteiger charge is 2.43. The van der Waals surface area contributed by atoms with E-state index in [0.717, 1.165) is 19.4 Å². The third-order valence-corrected chi connectivity index (χ3v) is 2.05. The van der Waals surface area contributed by atoms with E-state index >= 15 is 0 Å². The Labute approximate surface area is 66.6 Å². The Bertz CT molecular complexity index is 139. The summed E-state index contributed by atoms with van der Waals surface area (Å²) in [6, 6.07) is 0. The van der Waals surface area contributed by atoms with Gasteiger partial charge in [-0.25, -0.2) is 0 Å². The smallest absolute Gasteiger partial charge is 0.187 e. The van der Waals surface area contributed by atoms with Gasteiger partial charge >= 0.3 is 0 Å². The van der Waals surface area contributed by atoms with Crippen LogP contribution < -0.4 is 0 Å². The molecule has 0 amide bonds. The zero-order valence-electron chi connectivity index (χ0n) is 7.00. The predicted molar refractivity (Wildman–Crippen MR) is 39.0 cm³/mol. The van der Waals surface area contributed by atoms with Crippen molar-refractivity contribution < 1.29 is 14.2 Å². The van der Waals surface area contributed by atoms with Crippen LogP contribution in [0.5, 0.6) is 0 Å². The van der Waals surface area contributed by atoms with E-state index in [4.69, 9.17) is 14.2 Å². The first-order chi connectivity index (χ1) is 5.17. The van der Waals surface area contributed by atoms with Gasteiger partial charge in [0.1, 0.15) is 6.10 Å². The van der Waals surface area contributed by atoms with Gasteiger partial charge < -0.3 is 14.2 Å². The van der Waals surface area contributed by atoms with Gasteiger partial charge in [0.15, 0.2) is 12.1 Å². The maximum atomic E-state index is 5.61. The quantitative estimate of drug-likeness (QED) is 0.531. The SMILES string of the molecule is CC1(C)O[C@@H]2OCCC[C@@H]2O1. The topological polar surface area (TPSA) is 27.7 Å². The molecule has 0 aromatic rings. The normalized spacial score (nSPS) is 42.0. The second-order valence-corrected chi connectivity index (χ2v) is 3.56. The van der Waals surface area contributed by atoms with E-state index in [1.165, 1.54) is 0 Å². The standard InChI is InChI=1S/C8H14O3/c1-8(2)10-6-4-3-5-9-7(6)11-8/h6-7H,3-5H2,1-2H3/t6-,7-/m0/s1. The second kappa shape index (κ2) is 2.44. The van der Waals surface area contributed by atoms with Crippen molar-refractivity contribution in [1.29, 1.82) is 0 Å². The van der Waals surface area contributed by atoms with Gasteiger partial charge in [0.05, 0.1) is 0 Å². The van der Waals surface area contributed by atoms with Crippen molar-refractivity contribution in [3.05, 3.63) is 0 Å². The summed E-state index contributed by atoms with van der Waals surface area (Å²) in [5, 5.41) is 0. The van der Waals surface area contributed by atoms with Gasteiger partial charge in [-0.1, -0.05) is 0 Å². The fourth-order valence-corrected chi connectivity index (χ4v) is 1.62. The zero-order chi connectivity index (χ0) is 7.90. The van der Waals surface area contributed by atoms with Gasteiger partial charge in [-0.15, -0.1) is 0 Å². The van der Waals surface area contributed by atoms with E-state index in [0.29, 0.717) is 0 Å². The van der Waals surface area contributed by atoms with Gasteiger partial charge in [-0.2, -0.15) is 0 Å². The molecule has 0 unspecified atom stereocenters. The lowest BCUT2D eigenvalue weighted by Gasteiger charge is -2.21. The fourth-order valence-electron chi connectivity index (χ4n) is 1.62. The molecule has 0 saturated carbocycles. The summed E-state index contributed by atoms with van der Waals surface area (Å²) in [5.74, 6) is -0.445. The molecule has 2 aliphatic heterocycles. The Morgan fingerprint density at radius 1 is 1.27 bits per heavy atom. The van der Waals surface area contributed by atoms with Crippen molar-refractivity contribution in [2.24, 2.45) is 0 Å². The van der Waals surface area contributed by atoms with Crippen molar-refractivity contribution >= 4 is 0 Å². The monoisotopic (exact) mass is 158 g/mol. The molecule has 3 heteroatoms. The van der Waals surface area contributed by atoms with E-state index < -0.39 is 5.79 Å².